The van der Waals surface area contributed by atoms with Crippen molar-refractivity contribution >= 4 is 27.6 Å². The highest BCUT2D eigenvalue weighted by molar-refractivity contribution is 7.83. The fraction of sp³-hybridized carbons (Fsp3) is 0.308. The molecule has 0 radical (unpaired) electrons. The van der Waals surface area contributed by atoms with Crippen LogP contribution in [-0.4, -0.2) is 54.7 Å². The van der Waals surface area contributed by atoms with Crippen LogP contribution in [0.4, 0.5) is 5.82 Å². The maximum atomic E-state index is 12.7. The second-order valence-electron chi connectivity index (χ2n) is 9.77. The number of nitrogens with two attached hydrogens (primary N) is 1. The third kappa shape index (κ3) is 3.99. The summed E-state index contributed by atoms with van der Waals surface area (Å²) in [6.07, 6.45) is 5.65. The summed E-state index contributed by atoms with van der Waals surface area (Å²) < 4.78 is 36.3. The van der Waals surface area contributed by atoms with Crippen molar-refractivity contribution < 1.29 is 17.8 Å². The van der Waals surface area contributed by atoms with Crippen molar-refractivity contribution in [1.82, 2.24) is 23.9 Å². The predicted octanol–water partition coefficient (Wildman–Crippen LogP) is 3.76. The van der Waals surface area contributed by atoms with Gasteiger partial charge in [0.15, 0.2) is 11.4 Å². The predicted molar refractivity (Wildman–Crippen MR) is 138 cm³/mol. The van der Waals surface area contributed by atoms with Crippen LogP contribution in [0.1, 0.15) is 54.6 Å². The molecule has 2 aliphatic heterocycles. The van der Waals surface area contributed by atoms with Crippen LogP contribution in [0.25, 0.3) is 28.0 Å². The van der Waals surface area contributed by atoms with E-state index in [1.54, 1.807) is 12.4 Å². The molecule has 0 amide bonds. The molecule has 2 unspecified atom stereocenters. The van der Waals surface area contributed by atoms with Gasteiger partial charge < -0.3 is 5.73 Å². The van der Waals surface area contributed by atoms with Gasteiger partial charge in [-0.25, -0.2) is 4.98 Å². The van der Waals surface area contributed by atoms with Crippen molar-refractivity contribution in [3.8, 4) is 22.4 Å². The lowest BCUT2D eigenvalue weighted by Gasteiger charge is -2.36. The van der Waals surface area contributed by atoms with Gasteiger partial charge in [0, 0.05) is 40.9 Å². The zero-order valence-corrected chi connectivity index (χ0v) is 21.0. The molecule has 0 spiro atoms. The van der Waals surface area contributed by atoms with Gasteiger partial charge in [0.2, 0.25) is 0 Å². The Labute approximate surface area is 214 Å². The van der Waals surface area contributed by atoms with E-state index in [0.717, 1.165) is 22.4 Å². The molecule has 3 aromatic heterocycles. The topological polar surface area (TPSA) is 144 Å². The number of aromatic nitrogens is 4. The van der Waals surface area contributed by atoms with Gasteiger partial charge in [-0.1, -0.05) is 36.4 Å². The van der Waals surface area contributed by atoms with Crippen molar-refractivity contribution in [2.45, 2.75) is 50.6 Å². The first-order valence-corrected chi connectivity index (χ1v) is 13.6. The third-order valence-corrected chi connectivity index (χ3v) is 8.66. The molecule has 5 heterocycles. The SMILES string of the molecule is CC(=O)c1c(C2CC3CC[C@H](C2)N3S(=O)(=O)O)nc2c(-c3ccc(-c4ccccc4)nc3)cnn2c1N. The Balaban J connectivity index is 1.43. The molecule has 2 bridgehead atoms. The Morgan fingerprint density at radius 1 is 1.03 bits per heavy atom. The summed E-state index contributed by atoms with van der Waals surface area (Å²) in [6.45, 7) is 1.45. The fourth-order valence-electron chi connectivity index (χ4n) is 5.96. The molecule has 190 valence electrons. The lowest BCUT2D eigenvalue weighted by molar-refractivity contribution is 0.101. The minimum Gasteiger partial charge on any atom is -0.383 e. The molecule has 0 saturated carbocycles. The van der Waals surface area contributed by atoms with Crippen molar-refractivity contribution in [3.05, 3.63) is 66.1 Å². The Hall–Kier alpha value is -3.67. The van der Waals surface area contributed by atoms with Crippen LogP contribution >= 0.6 is 0 Å². The van der Waals surface area contributed by atoms with Gasteiger partial charge in [0.25, 0.3) is 0 Å². The van der Waals surface area contributed by atoms with Crippen molar-refractivity contribution in [2.24, 2.45) is 0 Å². The van der Waals surface area contributed by atoms with E-state index in [1.807, 2.05) is 42.5 Å². The van der Waals surface area contributed by atoms with Crippen LogP contribution in [0.3, 0.4) is 0 Å². The van der Waals surface area contributed by atoms with E-state index in [-0.39, 0.29) is 29.6 Å². The lowest BCUT2D eigenvalue weighted by atomic mass is 9.86. The largest absolute Gasteiger partial charge is 0.383 e. The smallest absolute Gasteiger partial charge is 0.336 e. The van der Waals surface area contributed by atoms with Gasteiger partial charge in [0.1, 0.15) is 5.82 Å². The van der Waals surface area contributed by atoms with E-state index in [4.69, 9.17) is 10.7 Å². The average molecular weight is 519 g/mol. The molecule has 1 aromatic carbocycles. The summed E-state index contributed by atoms with van der Waals surface area (Å²) in [6, 6.07) is 13.1. The number of carbonyl (C=O) groups is 1. The number of nitrogens with zero attached hydrogens (tertiary/aromatic N) is 5. The number of anilines is 1. The van der Waals surface area contributed by atoms with E-state index in [2.05, 4.69) is 10.1 Å². The number of fused-ring (bicyclic) bond motifs is 3. The molecule has 2 saturated heterocycles. The van der Waals surface area contributed by atoms with Crippen molar-refractivity contribution in [1.29, 1.82) is 0 Å². The summed E-state index contributed by atoms with van der Waals surface area (Å²) in [5, 5.41) is 4.42. The first kappa shape index (κ1) is 23.7. The molecule has 4 aromatic rings. The molecule has 0 aliphatic carbocycles. The number of carbonyl (C=O) groups excluding carboxylic acids is 1. The summed E-state index contributed by atoms with van der Waals surface area (Å²) >= 11 is 0. The Morgan fingerprint density at radius 2 is 1.73 bits per heavy atom. The Morgan fingerprint density at radius 3 is 2.32 bits per heavy atom. The first-order valence-electron chi connectivity index (χ1n) is 12.2. The van der Waals surface area contributed by atoms with E-state index >= 15 is 0 Å². The van der Waals surface area contributed by atoms with Crippen molar-refractivity contribution in [2.75, 3.05) is 5.73 Å². The quantitative estimate of drug-likeness (QED) is 0.300. The highest BCUT2D eigenvalue weighted by Gasteiger charge is 2.47. The first-order chi connectivity index (χ1) is 17.7. The van der Waals surface area contributed by atoms with E-state index in [0.29, 0.717) is 42.6 Å². The highest BCUT2D eigenvalue weighted by atomic mass is 32.2. The summed E-state index contributed by atoms with van der Waals surface area (Å²) in [5.74, 6) is -0.197. The standard InChI is InChI=1S/C26H26N6O4S/c1-15(33)23-24(18-11-19-8-9-20(12-18)32(19)37(34,35)36)30-26-21(14-29-31(26)25(23)27)17-7-10-22(28-13-17)16-5-3-2-4-6-16/h2-7,10,13-14,18-20H,8-9,11-12,27H2,1H3,(H,34,35,36)/t18?,19-,20?/m1/s1. The van der Waals surface area contributed by atoms with Crippen LogP contribution in [0.5, 0.6) is 0 Å². The molecular weight excluding hydrogens is 492 g/mol. The number of hydrogen-bond acceptors (Lipinski definition) is 7. The minimum atomic E-state index is -4.29. The van der Waals surface area contributed by atoms with Gasteiger partial charge in [-0.2, -0.15) is 22.3 Å². The molecule has 10 nitrogen and oxygen atoms in total. The number of rotatable bonds is 5. The number of pyridine rings is 1. The number of ketones is 1. The fourth-order valence-corrected chi connectivity index (χ4v) is 7.10. The van der Waals surface area contributed by atoms with E-state index in [9.17, 15) is 17.8 Å². The highest BCUT2D eigenvalue weighted by Crippen LogP contribution is 2.45. The maximum Gasteiger partial charge on any atom is 0.336 e. The zero-order chi connectivity index (χ0) is 25.9. The molecule has 6 rings (SSSR count). The summed E-state index contributed by atoms with van der Waals surface area (Å²) in [7, 11) is -4.29. The summed E-state index contributed by atoms with van der Waals surface area (Å²) in [4.78, 5) is 22.2. The van der Waals surface area contributed by atoms with Crippen molar-refractivity contribution in [3.63, 3.8) is 0 Å². The number of benzene rings is 1. The monoisotopic (exact) mass is 518 g/mol. The zero-order valence-electron chi connectivity index (χ0n) is 20.2. The van der Waals surface area contributed by atoms with Gasteiger partial charge in [-0.05, 0) is 38.7 Å². The minimum absolute atomic E-state index is 0.178. The Bertz CT molecular complexity index is 1600. The van der Waals surface area contributed by atoms with Gasteiger partial charge in [-0.15, -0.1) is 0 Å². The second kappa shape index (κ2) is 8.72. The number of Topliss-reactive ketones (excluding diaryl/α,β-unsaturated/α-hetero) is 1. The molecular formula is C26H26N6O4S. The van der Waals surface area contributed by atoms with Gasteiger partial charge >= 0.3 is 10.3 Å². The molecule has 3 N–H and O–H groups in total. The maximum absolute atomic E-state index is 12.7. The molecule has 3 atom stereocenters. The van der Waals surface area contributed by atoms with Crippen LogP contribution in [0.2, 0.25) is 0 Å². The second-order valence-corrected chi connectivity index (χ2v) is 11.1. The van der Waals surface area contributed by atoms with E-state index < -0.39 is 10.3 Å². The van der Waals surface area contributed by atoms with Crippen LogP contribution < -0.4 is 5.73 Å². The molecule has 2 fully saturated rings. The molecule has 11 heteroatoms. The Kier molecular flexibility index (Phi) is 5.59. The van der Waals surface area contributed by atoms with Crippen LogP contribution in [0, 0.1) is 0 Å². The van der Waals surface area contributed by atoms with Crippen LogP contribution in [0.15, 0.2) is 54.9 Å². The molecule has 2 aliphatic rings. The van der Waals surface area contributed by atoms with Crippen LogP contribution in [-0.2, 0) is 10.3 Å². The van der Waals surface area contributed by atoms with Gasteiger partial charge in [0.05, 0.1) is 23.1 Å². The normalized spacial score (nSPS) is 21.9. The lowest BCUT2D eigenvalue weighted by Crippen LogP contribution is -2.45. The van der Waals surface area contributed by atoms with E-state index in [1.165, 1.54) is 15.7 Å². The van der Waals surface area contributed by atoms with Gasteiger partial charge in [-0.3, -0.25) is 14.3 Å². The number of hydrogen-bond donors (Lipinski definition) is 2. The number of nitrogen functional groups attached to an aromatic ring is 1. The molecule has 37 heavy (non-hydrogen) atoms. The number of piperidine rings is 1. The average Bonchev–Trinajstić information content (AvgIpc) is 3.43. The summed E-state index contributed by atoms with van der Waals surface area (Å²) in [5.41, 5.74) is 11.2. The third-order valence-electron chi connectivity index (χ3n) is 7.53.